The van der Waals surface area contributed by atoms with Crippen molar-refractivity contribution < 1.29 is 0 Å². The molecule has 1 aliphatic carbocycles. The number of nitrogen functional groups attached to an aromatic ring is 1. The van der Waals surface area contributed by atoms with E-state index in [0.717, 1.165) is 34.9 Å². The van der Waals surface area contributed by atoms with Crippen LogP contribution in [0.5, 0.6) is 0 Å². The van der Waals surface area contributed by atoms with E-state index < -0.39 is 0 Å². The number of fused-ring (bicyclic) bond motifs is 1. The second kappa shape index (κ2) is 4.24. The highest BCUT2D eigenvalue weighted by Crippen LogP contribution is 2.26. The predicted molar refractivity (Wildman–Crippen MR) is 72.0 cm³/mol. The Hall–Kier alpha value is -1.77. The van der Waals surface area contributed by atoms with Gasteiger partial charge in [-0.25, -0.2) is 4.98 Å². The first-order valence-electron chi connectivity index (χ1n) is 6.21. The van der Waals surface area contributed by atoms with Crippen LogP contribution < -0.4 is 11.1 Å². The molecular formula is C14H17N3. The third-order valence-electron chi connectivity index (χ3n) is 3.51. The normalized spacial score (nSPS) is 15.8. The number of nitrogens with two attached hydrogens (primary N) is 1. The van der Waals surface area contributed by atoms with Crippen LogP contribution in [0, 0.1) is 5.92 Å². The zero-order valence-corrected chi connectivity index (χ0v) is 9.82. The number of aromatic nitrogens is 1. The fourth-order valence-electron chi connectivity index (χ4n) is 2.19. The molecule has 3 heteroatoms. The summed E-state index contributed by atoms with van der Waals surface area (Å²) < 4.78 is 0. The van der Waals surface area contributed by atoms with Crippen LogP contribution in [0.1, 0.15) is 19.3 Å². The number of anilines is 2. The monoisotopic (exact) mass is 227 g/mol. The maximum atomic E-state index is 5.74. The summed E-state index contributed by atoms with van der Waals surface area (Å²) in [7, 11) is 0. The highest BCUT2D eigenvalue weighted by atomic mass is 15.0. The van der Waals surface area contributed by atoms with Crippen LogP contribution in [0.25, 0.3) is 10.9 Å². The van der Waals surface area contributed by atoms with E-state index in [9.17, 15) is 0 Å². The van der Waals surface area contributed by atoms with Crippen LogP contribution in [-0.4, -0.2) is 11.5 Å². The Morgan fingerprint density at radius 2 is 2.12 bits per heavy atom. The first kappa shape index (κ1) is 10.4. The van der Waals surface area contributed by atoms with Crippen LogP contribution in [0.4, 0.5) is 11.5 Å². The van der Waals surface area contributed by atoms with E-state index >= 15 is 0 Å². The van der Waals surface area contributed by atoms with Crippen LogP contribution in [0.2, 0.25) is 0 Å². The van der Waals surface area contributed by atoms with Crippen LogP contribution in [0.15, 0.2) is 30.3 Å². The summed E-state index contributed by atoms with van der Waals surface area (Å²) in [5.74, 6) is 1.81. The molecule has 1 saturated carbocycles. The molecule has 1 aromatic heterocycles. The highest BCUT2D eigenvalue weighted by molar-refractivity contribution is 5.83. The lowest BCUT2D eigenvalue weighted by Gasteiger charge is -2.25. The fraction of sp³-hybridized carbons (Fsp3) is 0.357. The first-order valence-corrected chi connectivity index (χ1v) is 6.21. The SMILES string of the molecule is Nc1ccc2nc(NCC3CCC3)ccc2c1. The van der Waals surface area contributed by atoms with Gasteiger partial charge in [-0.05, 0) is 49.1 Å². The Kier molecular flexibility index (Phi) is 2.59. The molecule has 0 amide bonds. The van der Waals surface area contributed by atoms with Gasteiger partial charge < -0.3 is 11.1 Å². The number of hydrogen-bond donors (Lipinski definition) is 2. The summed E-state index contributed by atoms with van der Waals surface area (Å²) in [4.78, 5) is 4.58. The van der Waals surface area contributed by atoms with Crippen LogP contribution in [-0.2, 0) is 0 Å². The molecule has 1 fully saturated rings. The first-order chi connectivity index (χ1) is 8.31. The number of rotatable bonds is 3. The zero-order valence-electron chi connectivity index (χ0n) is 9.82. The molecule has 0 atom stereocenters. The van der Waals surface area contributed by atoms with Gasteiger partial charge in [0, 0.05) is 17.6 Å². The Balaban J connectivity index is 1.78. The summed E-state index contributed by atoms with van der Waals surface area (Å²) >= 11 is 0. The van der Waals surface area contributed by atoms with E-state index in [1.165, 1.54) is 19.3 Å². The van der Waals surface area contributed by atoms with Crippen molar-refractivity contribution in [1.82, 2.24) is 4.98 Å². The largest absolute Gasteiger partial charge is 0.399 e. The van der Waals surface area contributed by atoms with E-state index in [2.05, 4.69) is 16.4 Å². The van der Waals surface area contributed by atoms with E-state index in [0.29, 0.717) is 0 Å². The lowest BCUT2D eigenvalue weighted by Crippen LogP contribution is -2.21. The van der Waals surface area contributed by atoms with Gasteiger partial charge in [0.05, 0.1) is 5.52 Å². The predicted octanol–water partition coefficient (Wildman–Crippen LogP) is 3.03. The van der Waals surface area contributed by atoms with E-state index in [4.69, 9.17) is 5.73 Å². The average Bonchev–Trinajstić information content (AvgIpc) is 2.27. The number of nitrogens with one attached hydrogen (secondary N) is 1. The molecule has 0 radical (unpaired) electrons. The molecule has 2 aromatic rings. The van der Waals surface area contributed by atoms with Gasteiger partial charge in [0.2, 0.25) is 0 Å². The number of benzene rings is 1. The van der Waals surface area contributed by atoms with Crippen molar-refractivity contribution in [3.63, 3.8) is 0 Å². The highest BCUT2D eigenvalue weighted by Gasteiger charge is 2.16. The summed E-state index contributed by atoms with van der Waals surface area (Å²) in [6.45, 7) is 1.05. The van der Waals surface area contributed by atoms with Crippen molar-refractivity contribution in [2.24, 2.45) is 5.92 Å². The number of hydrogen-bond acceptors (Lipinski definition) is 3. The Morgan fingerprint density at radius 3 is 2.88 bits per heavy atom. The fourth-order valence-corrected chi connectivity index (χ4v) is 2.19. The van der Waals surface area contributed by atoms with Crippen molar-refractivity contribution in [1.29, 1.82) is 0 Å². The summed E-state index contributed by atoms with van der Waals surface area (Å²) in [5.41, 5.74) is 7.53. The minimum Gasteiger partial charge on any atom is -0.399 e. The topological polar surface area (TPSA) is 50.9 Å². The molecule has 0 saturated heterocycles. The van der Waals surface area contributed by atoms with Gasteiger partial charge >= 0.3 is 0 Å². The summed E-state index contributed by atoms with van der Waals surface area (Å²) in [5, 5.41) is 4.51. The van der Waals surface area contributed by atoms with Gasteiger partial charge in [-0.3, -0.25) is 0 Å². The lowest BCUT2D eigenvalue weighted by molar-refractivity contribution is 0.333. The molecule has 88 valence electrons. The van der Waals surface area contributed by atoms with Gasteiger partial charge in [0.1, 0.15) is 5.82 Å². The maximum Gasteiger partial charge on any atom is 0.126 e. The van der Waals surface area contributed by atoms with E-state index in [1.807, 2.05) is 24.3 Å². The number of nitrogens with zero attached hydrogens (tertiary/aromatic N) is 1. The maximum absolute atomic E-state index is 5.74. The van der Waals surface area contributed by atoms with Crippen molar-refractivity contribution in [2.75, 3.05) is 17.6 Å². The summed E-state index contributed by atoms with van der Waals surface area (Å²) in [6.07, 6.45) is 4.10. The quantitative estimate of drug-likeness (QED) is 0.792. The van der Waals surface area contributed by atoms with Gasteiger partial charge in [-0.2, -0.15) is 0 Å². The molecule has 17 heavy (non-hydrogen) atoms. The van der Waals surface area contributed by atoms with Crippen molar-refractivity contribution >= 4 is 22.4 Å². The molecule has 0 unspecified atom stereocenters. The molecule has 3 rings (SSSR count). The van der Waals surface area contributed by atoms with Crippen molar-refractivity contribution in [3.8, 4) is 0 Å². The second-order valence-electron chi connectivity index (χ2n) is 4.83. The minimum absolute atomic E-state index is 0.787. The Labute approximate surface area is 101 Å². The molecular weight excluding hydrogens is 210 g/mol. The van der Waals surface area contributed by atoms with Crippen LogP contribution in [0.3, 0.4) is 0 Å². The second-order valence-corrected chi connectivity index (χ2v) is 4.83. The third-order valence-corrected chi connectivity index (χ3v) is 3.51. The molecule has 1 aromatic carbocycles. The molecule has 3 N–H and O–H groups in total. The van der Waals surface area contributed by atoms with Gasteiger partial charge in [-0.1, -0.05) is 6.42 Å². The number of pyridine rings is 1. The lowest BCUT2D eigenvalue weighted by atomic mass is 9.85. The molecule has 0 bridgehead atoms. The smallest absolute Gasteiger partial charge is 0.126 e. The third kappa shape index (κ3) is 2.18. The van der Waals surface area contributed by atoms with Gasteiger partial charge in [0.15, 0.2) is 0 Å². The standard InChI is InChI=1S/C14H17N3/c15-12-5-6-13-11(8-12)4-7-14(17-13)16-9-10-2-1-3-10/h4-8,10H,1-3,9,15H2,(H,16,17). The van der Waals surface area contributed by atoms with E-state index in [1.54, 1.807) is 0 Å². The molecule has 0 spiro atoms. The molecule has 0 aliphatic heterocycles. The zero-order chi connectivity index (χ0) is 11.7. The Morgan fingerprint density at radius 1 is 1.24 bits per heavy atom. The molecule has 1 heterocycles. The summed E-state index contributed by atoms with van der Waals surface area (Å²) in [6, 6.07) is 9.92. The molecule has 1 aliphatic rings. The van der Waals surface area contributed by atoms with Crippen molar-refractivity contribution in [2.45, 2.75) is 19.3 Å². The molecule has 3 nitrogen and oxygen atoms in total. The Bertz CT molecular complexity index is 532. The van der Waals surface area contributed by atoms with Gasteiger partial charge in [0.25, 0.3) is 0 Å². The minimum atomic E-state index is 0.787. The van der Waals surface area contributed by atoms with Gasteiger partial charge in [-0.15, -0.1) is 0 Å². The van der Waals surface area contributed by atoms with Crippen LogP contribution >= 0.6 is 0 Å². The van der Waals surface area contributed by atoms with Crippen molar-refractivity contribution in [3.05, 3.63) is 30.3 Å². The van der Waals surface area contributed by atoms with E-state index in [-0.39, 0.29) is 0 Å². The average molecular weight is 227 g/mol.